The zero-order chi connectivity index (χ0) is 22.5. The van der Waals surface area contributed by atoms with Crippen molar-refractivity contribution in [3.8, 4) is 11.5 Å². The van der Waals surface area contributed by atoms with E-state index in [4.69, 9.17) is 9.47 Å². The van der Waals surface area contributed by atoms with Crippen LogP contribution >= 0.6 is 0 Å². The molecule has 1 saturated heterocycles. The number of para-hydroxylation sites is 2. The van der Waals surface area contributed by atoms with Crippen molar-refractivity contribution in [2.45, 2.75) is 19.8 Å². The predicted molar refractivity (Wildman–Crippen MR) is 125 cm³/mol. The molecule has 0 saturated carbocycles. The zero-order valence-corrected chi connectivity index (χ0v) is 18.5. The Hall–Kier alpha value is -3.54. The van der Waals surface area contributed by atoms with Crippen LogP contribution in [0.1, 0.15) is 30.1 Å². The Morgan fingerprint density at radius 1 is 1.00 bits per heavy atom. The Morgan fingerprint density at radius 3 is 2.53 bits per heavy atom. The number of anilines is 1. The third kappa shape index (κ3) is 4.40. The van der Waals surface area contributed by atoms with E-state index in [0.29, 0.717) is 36.7 Å². The van der Waals surface area contributed by atoms with Gasteiger partial charge < -0.3 is 19.7 Å². The second-order valence-electron chi connectivity index (χ2n) is 7.87. The van der Waals surface area contributed by atoms with E-state index in [0.717, 1.165) is 29.4 Å². The summed E-state index contributed by atoms with van der Waals surface area (Å²) in [5.74, 6) is 0.968. The lowest BCUT2D eigenvalue weighted by atomic mass is 9.95. The Bertz CT molecular complexity index is 1130. The van der Waals surface area contributed by atoms with Crippen LogP contribution in [0.25, 0.3) is 10.8 Å². The van der Waals surface area contributed by atoms with E-state index in [1.807, 2.05) is 67.6 Å². The number of likely N-dealkylation sites (tertiary alicyclic amines) is 1. The molecule has 1 aliphatic rings. The van der Waals surface area contributed by atoms with E-state index in [9.17, 15) is 9.59 Å². The van der Waals surface area contributed by atoms with E-state index in [1.165, 1.54) is 0 Å². The average Bonchev–Trinajstić information content (AvgIpc) is 2.84. The molecule has 3 aromatic carbocycles. The van der Waals surface area contributed by atoms with E-state index >= 15 is 0 Å². The molecule has 4 rings (SSSR count). The lowest BCUT2D eigenvalue weighted by Crippen LogP contribution is -2.43. The fourth-order valence-electron chi connectivity index (χ4n) is 4.27. The quantitative estimate of drug-likeness (QED) is 0.611. The second kappa shape index (κ2) is 9.73. The van der Waals surface area contributed by atoms with Crippen molar-refractivity contribution in [3.05, 3.63) is 66.2 Å². The summed E-state index contributed by atoms with van der Waals surface area (Å²) in [6, 6.07) is 18.8. The number of hydrogen-bond acceptors (Lipinski definition) is 4. The van der Waals surface area contributed by atoms with Gasteiger partial charge in [-0.3, -0.25) is 9.59 Å². The first-order chi connectivity index (χ1) is 15.6. The summed E-state index contributed by atoms with van der Waals surface area (Å²) in [5.41, 5.74) is 1.29. The van der Waals surface area contributed by atoms with Crippen LogP contribution in [0.15, 0.2) is 60.7 Å². The van der Waals surface area contributed by atoms with Crippen LogP contribution in [0.5, 0.6) is 11.5 Å². The Balaban J connectivity index is 1.52. The molecule has 6 nitrogen and oxygen atoms in total. The molecule has 0 aliphatic carbocycles. The van der Waals surface area contributed by atoms with Crippen LogP contribution in [0, 0.1) is 5.92 Å². The Morgan fingerprint density at radius 2 is 1.75 bits per heavy atom. The van der Waals surface area contributed by atoms with Crippen molar-refractivity contribution in [3.63, 3.8) is 0 Å². The smallest absolute Gasteiger partial charge is 0.254 e. The van der Waals surface area contributed by atoms with Crippen LogP contribution in [0.4, 0.5) is 5.69 Å². The van der Waals surface area contributed by atoms with Gasteiger partial charge in [0.2, 0.25) is 5.91 Å². The van der Waals surface area contributed by atoms with Crippen molar-refractivity contribution in [1.82, 2.24) is 4.90 Å². The molecule has 166 valence electrons. The second-order valence-corrected chi connectivity index (χ2v) is 7.87. The molecule has 2 amide bonds. The summed E-state index contributed by atoms with van der Waals surface area (Å²) in [6.45, 7) is 3.46. The van der Waals surface area contributed by atoms with Crippen LogP contribution < -0.4 is 14.8 Å². The van der Waals surface area contributed by atoms with E-state index in [1.54, 1.807) is 12.0 Å². The summed E-state index contributed by atoms with van der Waals surface area (Å²) >= 11 is 0. The van der Waals surface area contributed by atoms with Crippen molar-refractivity contribution < 1.29 is 19.1 Å². The molecule has 32 heavy (non-hydrogen) atoms. The highest BCUT2D eigenvalue weighted by atomic mass is 16.5. The van der Waals surface area contributed by atoms with Gasteiger partial charge in [-0.1, -0.05) is 36.4 Å². The number of nitrogens with zero attached hydrogens (tertiary/aromatic N) is 1. The third-order valence-electron chi connectivity index (χ3n) is 5.86. The molecule has 1 aliphatic heterocycles. The van der Waals surface area contributed by atoms with Crippen LogP contribution in [-0.4, -0.2) is 43.5 Å². The van der Waals surface area contributed by atoms with Crippen LogP contribution in [0.2, 0.25) is 0 Å². The number of nitrogens with one attached hydrogen (secondary N) is 1. The predicted octanol–water partition coefficient (Wildman–Crippen LogP) is 4.74. The maximum absolute atomic E-state index is 13.4. The van der Waals surface area contributed by atoms with Gasteiger partial charge in [0.05, 0.1) is 25.3 Å². The van der Waals surface area contributed by atoms with Gasteiger partial charge in [-0.2, -0.15) is 0 Å². The molecule has 6 heteroatoms. The topological polar surface area (TPSA) is 67.9 Å². The van der Waals surface area contributed by atoms with Gasteiger partial charge in [-0.05, 0) is 49.4 Å². The Labute approximate surface area is 188 Å². The number of hydrogen-bond donors (Lipinski definition) is 1. The number of ether oxygens (including phenoxy) is 2. The maximum atomic E-state index is 13.4. The summed E-state index contributed by atoms with van der Waals surface area (Å²) < 4.78 is 11.1. The SMILES string of the molecule is CCOc1ccccc1NC(=O)C1CCCN(C(=O)c2ccc(OC)c3ccccc23)C1. The van der Waals surface area contributed by atoms with Gasteiger partial charge in [-0.15, -0.1) is 0 Å². The molecular weight excluding hydrogens is 404 g/mol. The van der Waals surface area contributed by atoms with Gasteiger partial charge in [0.1, 0.15) is 11.5 Å². The number of carbonyl (C=O) groups is 2. The monoisotopic (exact) mass is 432 g/mol. The summed E-state index contributed by atoms with van der Waals surface area (Å²) in [5, 5.41) is 4.75. The lowest BCUT2D eigenvalue weighted by Gasteiger charge is -2.32. The van der Waals surface area contributed by atoms with Gasteiger partial charge in [-0.25, -0.2) is 0 Å². The summed E-state index contributed by atoms with van der Waals surface area (Å²) in [7, 11) is 1.63. The molecule has 0 bridgehead atoms. The first kappa shape index (κ1) is 21.7. The number of benzene rings is 3. The minimum absolute atomic E-state index is 0.0592. The maximum Gasteiger partial charge on any atom is 0.254 e. The molecule has 0 aromatic heterocycles. The highest BCUT2D eigenvalue weighted by Gasteiger charge is 2.30. The summed E-state index contributed by atoms with van der Waals surface area (Å²) in [4.78, 5) is 28.2. The fraction of sp³-hybridized carbons (Fsp3) is 0.308. The summed E-state index contributed by atoms with van der Waals surface area (Å²) in [6.07, 6.45) is 1.53. The number of amides is 2. The van der Waals surface area contributed by atoms with E-state index in [2.05, 4.69) is 5.32 Å². The van der Waals surface area contributed by atoms with Gasteiger partial charge >= 0.3 is 0 Å². The molecule has 3 aromatic rings. The van der Waals surface area contributed by atoms with Crippen molar-refractivity contribution in [1.29, 1.82) is 0 Å². The molecule has 1 atom stereocenters. The number of methoxy groups -OCH3 is 1. The highest BCUT2D eigenvalue weighted by Crippen LogP contribution is 2.31. The number of piperidine rings is 1. The average molecular weight is 433 g/mol. The number of fused-ring (bicyclic) bond motifs is 1. The minimum atomic E-state index is -0.271. The van der Waals surface area contributed by atoms with E-state index in [-0.39, 0.29) is 17.7 Å². The van der Waals surface area contributed by atoms with Gasteiger partial charge in [0, 0.05) is 24.0 Å². The van der Waals surface area contributed by atoms with Crippen LogP contribution in [-0.2, 0) is 4.79 Å². The van der Waals surface area contributed by atoms with Crippen LogP contribution in [0.3, 0.4) is 0 Å². The van der Waals surface area contributed by atoms with Gasteiger partial charge in [0.25, 0.3) is 5.91 Å². The standard InChI is InChI=1S/C26H28N2O4/c1-3-32-24-13-7-6-12-22(24)27-25(29)18-9-8-16-28(17-18)26(30)21-14-15-23(31-2)20-11-5-4-10-19(20)21/h4-7,10-15,18H,3,8-9,16-17H2,1-2H3,(H,27,29). The van der Waals surface area contributed by atoms with Crippen molar-refractivity contribution in [2.24, 2.45) is 5.92 Å². The van der Waals surface area contributed by atoms with E-state index < -0.39 is 0 Å². The van der Waals surface area contributed by atoms with Crippen molar-refractivity contribution >= 4 is 28.3 Å². The van der Waals surface area contributed by atoms with Gasteiger partial charge in [0.15, 0.2) is 0 Å². The molecule has 1 N–H and O–H groups in total. The first-order valence-corrected chi connectivity index (χ1v) is 11.0. The number of rotatable bonds is 6. The molecule has 1 heterocycles. The Kier molecular flexibility index (Phi) is 6.59. The lowest BCUT2D eigenvalue weighted by molar-refractivity contribution is -0.121. The first-order valence-electron chi connectivity index (χ1n) is 11.0. The fourth-order valence-corrected chi connectivity index (χ4v) is 4.27. The number of carbonyl (C=O) groups excluding carboxylic acids is 2. The molecule has 0 spiro atoms. The molecule has 0 radical (unpaired) electrons. The molecule has 1 unspecified atom stereocenters. The molecule has 1 fully saturated rings. The third-order valence-corrected chi connectivity index (χ3v) is 5.86. The zero-order valence-electron chi connectivity index (χ0n) is 18.5. The highest BCUT2D eigenvalue weighted by molar-refractivity contribution is 6.08. The normalized spacial score (nSPS) is 15.9. The molecular formula is C26H28N2O4. The minimum Gasteiger partial charge on any atom is -0.496 e. The largest absolute Gasteiger partial charge is 0.496 e. The van der Waals surface area contributed by atoms with Crippen molar-refractivity contribution in [2.75, 3.05) is 32.1 Å².